The van der Waals surface area contributed by atoms with E-state index in [4.69, 9.17) is 14.4 Å². The van der Waals surface area contributed by atoms with Gasteiger partial charge in [-0.15, -0.1) is 0 Å². The third-order valence-electron chi connectivity index (χ3n) is 0.987. The van der Waals surface area contributed by atoms with Gasteiger partial charge in [-0.3, -0.25) is 4.43 Å². The molecule has 12 heteroatoms. The highest BCUT2D eigenvalue weighted by Crippen LogP contribution is 2.47. The predicted octanol–water partition coefficient (Wildman–Crippen LogP) is 0.206. The van der Waals surface area contributed by atoms with Crippen LogP contribution < -0.4 is 0 Å². The average molecular weight is 264 g/mol. The number of halogens is 7. The molecule has 0 radical (unpaired) electrons. The SMILES string of the molecule is O[Si](O)(O)OC(F)(F)C(F)(F)C(F)(F)F. The van der Waals surface area contributed by atoms with Gasteiger partial charge >= 0.3 is 27.3 Å². The van der Waals surface area contributed by atoms with Gasteiger partial charge in [-0.05, 0) is 0 Å². The van der Waals surface area contributed by atoms with Gasteiger partial charge in [0.05, 0.1) is 0 Å². The molecule has 0 spiro atoms. The van der Waals surface area contributed by atoms with E-state index in [0.29, 0.717) is 0 Å². The lowest BCUT2D eigenvalue weighted by molar-refractivity contribution is -0.412. The fraction of sp³-hybridized carbons (Fsp3) is 1.00. The Morgan fingerprint density at radius 2 is 1.13 bits per heavy atom. The van der Waals surface area contributed by atoms with Crippen LogP contribution in [-0.4, -0.2) is 41.6 Å². The molecule has 0 amide bonds. The molecule has 4 nitrogen and oxygen atoms in total. The Labute approximate surface area is 78.0 Å². The Balaban J connectivity index is 5.03. The summed E-state index contributed by atoms with van der Waals surface area (Å²) in [5.74, 6) is -6.66. The van der Waals surface area contributed by atoms with Gasteiger partial charge in [-0.2, -0.15) is 30.7 Å². The largest absolute Gasteiger partial charge is 0.675 e. The lowest BCUT2D eigenvalue weighted by atomic mass is 10.3. The van der Waals surface area contributed by atoms with Crippen molar-refractivity contribution in [1.29, 1.82) is 0 Å². The second-order valence-corrected chi connectivity index (χ2v) is 3.62. The summed E-state index contributed by atoms with van der Waals surface area (Å²) in [6.07, 6.45) is -13.0. The molecular weight excluding hydrogens is 261 g/mol. The van der Waals surface area contributed by atoms with Gasteiger partial charge in [-0.1, -0.05) is 0 Å². The molecule has 0 fully saturated rings. The summed E-state index contributed by atoms with van der Waals surface area (Å²) in [4.78, 5) is 23.5. The Hall–Kier alpha value is -0.433. The van der Waals surface area contributed by atoms with Crippen molar-refractivity contribution in [3.05, 3.63) is 0 Å². The molecule has 0 aliphatic rings. The topological polar surface area (TPSA) is 69.9 Å². The van der Waals surface area contributed by atoms with Gasteiger partial charge in [0.1, 0.15) is 0 Å². The normalized spacial score (nSPS) is 15.6. The quantitative estimate of drug-likeness (QED) is 0.503. The molecule has 0 aliphatic carbocycles. The third kappa shape index (κ3) is 3.27. The highest BCUT2D eigenvalue weighted by molar-refractivity contribution is 6.48. The summed E-state index contributed by atoms with van der Waals surface area (Å²) in [5.41, 5.74) is 0. The molecule has 0 saturated heterocycles. The summed E-state index contributed by atoms with van der Waals surface area (Å²) in [6.45, 7) is 0. The first-order chi connectivity index (χ1) is 6.21. The molecule has 0 rings (SSSR count). The van der Waals surface area contributed by atoms with E-state index in [1.54, 1.807) is 0 Å². The lowest BCUT2D eigenvalue weighted by Crippen LogP contribution is -2.59. The molecule has 0 unspecified atom stereocenters. The highest BCUT2D eigenvalue weighted by atomic mass is 28.4. The number of rotatable bonds is 3. The van der Waals surface area contributed by atoms with Crippen LogP contribution in [0.1, 0.15) is 0 Å². The zero-order chi connectivity index (χ0) is 12.7. The van der Waals surface area contributed by atoms with Gasteiger partial charge in [0.2, 0.25) is 0 Å². The minimum Gasteiger partial charge on any atom is -0.367 e. The van der Waals surface area contributed by atoms with Crippen LogP contribution in [0.3, 0.4) is 0 Å². The highest BCUT2D eigenvalue weighted by Gasteiger charge is 2.76. The Morgan fingerprint density at radius 3 is 1.33 bits per heavy atom. The van der Waals surface area contributed by atoms with E-state index in [2.05, 4.69) is 4.43 Å². The fourth-order valence-corrected chi connectivity index (χ4v) is 0.873. The van der Waals surface area contributed by atoms with E-state index in [0.717, 1.165) is 0 Å². The Morgan fingerprint density at radius 1 is 0.800 bits per heavy atom. The van der Waals surface area contributed by atoms with Crippen LogP contribution in [-0.2, 0) is 4.43 Å². The maximum absolute atomic E-state index is 12.1. The second kappa shape index (κ2) is 3.55. The molecule has 0 atom stereocenters. The zero-order valence-corrected chi connectivity index (χ0v) is 7.40. The van der Waals surface area contributed by atoms with Gasteiger partial charge in [0.25, 0.3) is 0 Å². The van der Waals surface area contributed by atoms with Crippen LogP contribution in [0, 0.1) is 0 Å². The summed E-state index contributed by atoms with van der Waals surface area (Å²) in [6, 6.07) is 0. The van der Waals surface area contributed by atoms with Gasteiger partial charge in [0.15, 0.2) is 0 Å². The minimum atomic E-state index is -6.67. The Kier molecular flexibility index (Phi) is 3.45. The van der Waals surface area contributed by atoms with Crippen LogP contribution in [0.25, 0.3) is 0 Å². The van der Waals surface area contributed by atoms with Crippen LogP contribution >= 0.6 is 0 Å². The lowest BCUT2D eigenvalue weighted by Gasteiger charge is -2.28. The maximum Gasteiger partial charge on any atom is 0.675 e. The summed E-state index contributed by atoms with van der Waals surface area (Å²) in [7, 11) is -6.21. The molecule has 0 saturated carbocycles. The van der Waals surface area contributed by atoms with E-state index in [1.807, 2.05) is 0 Å². The molecular formula is C3H3F7O4Si. The summed E-state index contributed by atoms with van der Waals surface area (Å²) >= 11 is 0. The fourth-order valence-electron chi connectivity index (χ4n) is 0.401. The van der Waals surface area contributed by atoms with Crippen molar-refractivity contribution in [2.75, 3.05) is 0 Å². The third-order valence-corrected chi connectivity index (χ3v) is 1.52. The van der Waals surface area contributed by atoms with Crippen molar-refractivity contribution >= 4 is 9.05 Å². The zero-order valence-electron chi connectivity index (χ0n) is 6.40. The second-order valence-electron chi connectivity index (χ2n) is 2.26. The minimum absolute atomic E-state index is 2.22. The van der Waals surface area contributed by atoms with Gasteiger partial charge in [0, 0.05) is 0 Å². The molecule has 3 N–H and O–H groups in total. The van der Waals surface area contributed by atoms with E-state index in [9.17, 15) is 30.7 Å². The molecule has 0 heterocycles. The van der Waals surface area contributed by atoms with Crippen LogP contribution in [0.2, 0.25) is 0 Å². The van der Waals surface area contributed by atoms with Crippen molar-refractivity contribution in [2.45, 2.75) is 18.2 Å². The molecule has 0 aromatic heterocycles. The van der Waals surface area contributed by atoms with Crippen LogP contribution in [0.4, 0.5) is 30.7 Å². The number of hydrogen-bond donors (Lipinski definition) is 3. The molecule has 15 heavy (non-hydrogen) atoms. The molecule has 0 aromatic rings. The van der Waals surface area contributed by atoms with E-state index < -0.39 is 27.3 Å². The van der Waals surface area contributed by atoms with Crippen molar-refractivity contribution in [1.82, 2.24) is 0 Å². The number of hydrogen-bond acceptors (Lipinski definition) is 4. The summed E-state index contributed by atoms with van der Waals surface area (Å²) < 4.78 is 84.3. The van der Waals surface area contributed by atoms with Gasteiger partial charge in [-0.25, -0.2) is 0 Å². The van der Waals surface area contributed by atoms with Crippen molar-refractivity contribution in [3.8, 4) is 0 Å². The maximum atomic E-state index is 12.1. The molecule has 92 valence electrons. The number of alkyl halides is 7. The van der Waals surface area contributed by atoms with E-state index in [-0.39, 0.29) is 0 Å². The first-order valence-corrected chi connectivity index (χ1v) is 4.65. The van der Waals surface area contributed by atoms with Crippen molar-refractivity contribution < 1.29 is 49.5 Å². The van der Waals surface area contributed by atoms with Gasteiger partial charge < -0.3 is 14.4 Å². The van der Waals surface area contributed by atoms with Crippen LogP contribution in [0.5, 0.6) is 0 Å². The van der Waals surface area contributed by atoms with Crippen molar-refractivity contribution in [2.24, 2.45) is 0 Å². The van der Waals surface area contributed by atoms with E-state index in [1.165, 1.54) is 0 Å². The monoisotopic (exact) mass is 264 g/mol. The predicted molar refractivity (Wildman–Crippen MR) is 29.4 cm³/mol. The van der Waals surface area contributed by atoms with Crippen molar-refractivity contribution in [3.63, 3.8) is 0 Å². The molecule has 0 bridgehead atoms. The first kappa shape index (κ1) is 14.6. The Bertz CT molecular complexity index is 231. The smallest absolute Gasteiger partial charge is 0.367 e. The standard InChI is InChI=1S/C3H3F7O4Si/c4-1(5,2(6,7)8)3(9,10)14-15(11,12)13/h11-13H. The summed E-state index contributed by atoms with van der Waals surface area (Å²) in [5, 5.41) is 0. The first-order valence-electron chi connectivity index (χ1n) is 2.90. The van der Waals surface area contributed by atoms with E-state index >= 15 is 0 Å². The van der Waals surface area contributed by atoms with Crippen LogP contribution in [0.15, 0.2) is 0 Å². The molecule has 0 aromatic carbocycles. The molecule has 0 aliphatic heterocycles. The average Bonchev–Trinajstić information content (AvgIpc) is 1.77.